The number of anilines is 4. The van der Waals surface area contributed by atoms with Crippen LogP contribution in [0.25, 0.3) is 94.4 Å². The Balaban J connectivity index is 0.940. The third-order valence-corrected chi connectivity index (χ3v) is 17.0. The van der Waals surface area contributed by atoms with Crippen LogP contribution in [0.2, 0.25) is 0 Å². The van der Waals surface area contributed by atoms with Gasteiger partial charge in [-0.15, -0.1) is 0 Å². The topological polar surface area (TPSA) is 33.5 Å². The highest BCUT2D eigenvalue weighted by Crippen LogP contribution is 2.52. The van der Waals surface area contributed by atoms with Crippen molar-refractivity contribution in [3.63, 3.8) is 0 Å². The molecule has 418 valence electrons. The van der Waals surface area contributed by atoms with Crippen LogP contribution < -0.4 is 14.5 Å². The van der Waals surface area contributed by atoms with E-state index in [1.807, 2.05) is 42.5 Å². The van der Waals surface area contributed by atoms with Crippen molar-refractivity contribution in [1.82, 2.24) is 9.55 Å². The minimum atomic E-state index is -2.43. The standard InChI is InChI=1S/C81H68N4O/c1-54-44-78(82-52-72(54)58-30-18-11-19-31-58)85-73-43-40-61(56-26-14-9-15-27-56)46-70(73)71-50-69(57-28-16-10-17-29-57)77(51-76(71)85)86-66-48-64(81(5,6)7)47-65(49-66)83-53-84(75-37-21-20-36-74(75)83)79-67(59-38-41-63(42-39-59)80(2,3)4)34-23-35-68(79)62-33-22-32-60(45-62)55-24-12-8-13-25-55/h8-52H,53H2,1-7H3/i1D3. The zero-order valence-electron chi connectivity index (χ0n) is 52.4. The number of para-hydroxylation sites is 3. The molecule has 2 aromatic heterocycles. The summed E-state index contributed by atoms with van der Waals surface area (Å²) in [4.78, 5) is 10.1. The molecule has 1 aliphatic heterocycles. The van der Waals surface area contributed by atoms with Gasteiger partial charge in [-0.2, -0.15) is 0 Å². The molecule has 5 heteroatoms. The lowest BCUT2D eigenvalue weighted by atomic mass is 9.85. The molecule has 11 aromatic carbocycles. The number of fused-ring (bicyclic) bond motifs is 4. The Bertz CT molecular complexity index is 4770. The van der Waals surface area contributed by atoms with Gasteiger partial charge in [0.1, 0.15) is 24.0 Å². The summed E-state index contributed by atoms with van der Waals surface area (Å²) >= 11 is 0. The maximum atomic E-state index is 8.87. The van der Waals surface area contributed by atoms with Gasteiger partial charge in [-0.3, -0.25) is 4.57 Å². The Morgan fingerprint density at radius 2 is 0.919 bits per heavy atom. The zero-order chi connectivity index (χ0) is 61.2. The fourth-order valence-electron chi connectivity index (χ4n) is 12.4. The molecule has 0 spiro atoms. The summed E-state index contributed by atoms with van der Waals surface area (Å²) in [5, 5.41) is 1.97. The normalized spacial score (nSPS) is 13.2. The summed E-state index contributed by atoms with van der Waals surface area (Å²) in [7, 11) is 0. The predicted octanol–water partition coefficient (Wildman–Crippen LogP) is 22.1. The third kappa shape index (κ3) is 10.1. The number of hydrogen-bond acceptors (Lipinski definition) is 4. The highest BCUT2D eigenvalue weighted by molar-refractivity contribution is 6.12. The summed E-state index contributed by atoms with van der Waals surface area (Å²) in [5.41, 5.74) is 20.7. The summed E-state index contributed by atoms with van der Waals surface area (Å²) in [5.74, 6) is 1.82. The Hall–Kier alpha value is -10.2. The molecule has 14 rings (SSSR count). The molecule has 86 heavy (non-hydrogen) atoms. The van der Waals surface area contributed by atoms with Crippen LogP contribution in [0.5, 0.6) is 11.5 Å². The number of pyridine rings is 1. The van der Waals surface area contributed by atoms with Crippen LogP contribution in [-0.4, -0.2) is 16.2 Å². The van der Waals surface area contributed by atoms with E-state index < -0.39 is 6.85 Å². The van der Waals surface area contributed by atoms with Gasteiger partial charge >= 0.3 is 0 Å². The van der Waals surface area contributed by atoms with Crippen LogP contribution in [0.3, 0.4) is 0 Å². The molecule has 5 nitrogen and oxygen atoms in total. The van der Waals surface area contributed by atoms with Gasteiger partial charge in [-0.05, 0) is 133 Å². The zero-order valence-corrected chi connectivity index (χ0v) is 49.4. The lowest BCUT2D eigenvalue weighted by molar-refractivity contribution is 0.481. The van der Waals surface area contributed by atoms with Crippen molar-refractivity contribution in [2.24, 2.45) is 0 Å². The van der Waals surface area contributed by atoms with E-state index in [1.165, 1.54) is 11.1 Å². The van der Waals surface area contributed by atoms with Gasteiger partial charge in [-0.25, -0.2) is 4.98 Å². The molecular formula is C81H68N4O. The first-order valence-electron chi connectivity index (χ1n) is 31.2. The number of aromatic nitrogens is 2. The van der Waals surface area contributed by atoms with Crippen molar-refractivity contribution in [1.29, 1.82) is 0 Å². The molecule has 0 saturated heterocycles. The molecule has 0 N–H and O–H groups in total. The molecule has 1 aliphatic rings. The van der Waals surface area contributed by atoms with Gasteiger partial charge in [0.15, 0.2) is 0 Å². The lowest BCUT2D eigenvalue weighted by Crippen LogP contribution is -2.25. The number of ether oxygens (including phenoxy) is 1. The van der Waals surface area contributed by atoms with Gasteiger partial charge in [0, 0.05) is 61.2 Å². The van der Waals surface area contributed by atoms with Crippen LogP contribution in [0.15, 0.2) is 273 Å². The summed E-state index contributed by atoms with van der Waals surface area (Å²) in [6, 6.07) is 94.0. The average Bonchev–Trinajstić information content (AvgIpc) is 1.70. The highest BCUT2D eigenvalue weighted by Gasteiger charge is 2.33. The molecule has 0 radical (unpaired) electrons. The van der Waals surface area contributed by atoms with Crippen molar-refractivity contribution >= 4 is 44.6 Å². The number of aryl methyl sites for hydroxylation is 1. The van der Waals surface area contributed by atoms with Gasteiger partial charge in [0.2, 0.25) is 0 Å². The van der Waals surface area contributed by atoms with Crippen molar-refractivity contribution in [3.8, 4) is 84.1 Å². The van der Waals surface area contributed by atoms with E-state index in [9.17, 15) is 0 Å². The van der Waals surface area contributed by atoms with E-state index in [1.54, 1.807) is 12.3 Å². The molecule has 0 bridgehead atoms. The van der Waals surface area contributed by atoms with Crippen LogP contribution in [0.4, 0.5) is 22.7 Å². The van der Waals surface area contributed by atoms with Gasteiger partial charge in [0.25, 0.3) is 0 Å². The first-order valence-corrected chi connectivity index (χ1v) is 29.7. The third-order valence-electron chi connectivity index (χ3n) is 17.0. The molecule has 0 amide bonds. The van der Waals surface area contributed by atoms with Crippen molar-refractivity contribution in [2.45, 2.75) is 59.2 Å². The SMILES string of the molecule is [2H]C([2H])([2H])c1cc(-n2c3ccc(-c4ccccc4)cc3c3cc(-c4ccccc4)c(Oc4cc(N5CN(c6c(-c7ccc(C(C)(C)C)cc7)cccc6-c6cccc(-c7ccccc7)c6)c6ccccc65)cc(C(C)(C)C)c4)cc32)ncc1-c1ccccc1. The largest absolute Gasteiger partial charge is 0.457 e. The summed E-state index contributed by atoms with van der Waals surface area (Å²) in [6.07, 6.45) is 1.71. The monoisotopic (exact) mass is 1120 g/mol. The van der Waals surface area contributed by atoms with Crippen LogP contribution in [-0.2, 0) is 10.8 Å². The second kappa shape index (κ2) is 21.8. The van der Waals surface area contributed by atoms with Gasteiger partial charge < -0.3 is 14.5 Å². The number of hydrogen-bond donors (Lipinski definition) is 0. The van der Waals surface area contributed by atoms with Crippen molar-refractivity contribution in [3.05, 3.63) is 290 Å². The van der Waals surface area contributed by atoms with E-state index in [4.69, 9.17) is 13.8 Å². The molecule has 0 aliphatic carbocycles. The first-order chi connectivity index (χ1) is 43.0. The van der Waals surface area contributed by atoms with Crippen molar-refractivity contribution < 1.29 is 8.85 Å². The smallest absolute Gasteiger partial charge is 0.137 e. The molecular weight excluding hydrogens is 1040 g/mol. The Morgan fingerprint density at radius 1 is 0.395 bits per heavy atom. The molecule has 0 atom stereocenters. The van der Waals surface area contributed by atoms with Crippen LogP contribution in [0.1, 0.15) is 62.3 Å². The summed E-state index contributed by atoms with van der Waals surface area (Å²) < 4.78 is 36.2. The fraction of sp³-hybridized carbons (Fsp3) is 0.123. The Kier molecular flexibility index (Phi) is 12.7. The fourth-order valence-corrected chi connectivity index (χ4v) is 12.4. The van der Waals surface area contributed by atoms with E-state index in [-0.39, 0.29) is 16.4 Å². The van der Waals surface area contributed by atoms with Crippen molar-refractivity contribution in [2.75, 3.05) is 16.5 Å². The van der Waals surface area contributed by atoms with E-state index in [0.29, 0.717) is 29.5 Å². The van der Waals surface area contributed by atoms with E-state index in [2.05, 4.69) is 274 Å². The Morgan fingerprint density at radius 3 is 1.56 bits per heavy atom. The number of rotatable bonds is 11. The number of nitrogens with zero attached hydrogens (tertiary/aromatic N) is 4. The van der Waals surface area contributed by atoms with Crippen LogP contribution in [0, 0.1) is 6.85 Å². The molecule has 0 saturated carbocycles. The second-order valence-electron chi connectivity index (χ2n) is 24.6. The highest BCUT2D eigenvalue weighted by atomic mass is 16.5. The van der Waals surface area contributed by atoms with E-state index >= 15 is 0 Å². The van der Waals surface area contributed by atoms with Gasteiger partial charge in [-0.1, -0.05) is 242 Å². The summed E-state index contributed by atoms with van der Waals surface area (Å²) in [6.45, 7) is 11.7. The quantitative estimate of drug-likeness (QED) is 0.129. The number of benzene rings is 11. The first kappa shape index (κ1) is 50.3. The minimum Gasteiger partial charge on any atom is -0.457 e. The molecule has 0 unspecified atom stereocenters. The van der Waals surface area contributed by atoms with Gasteiger partial charge in [0.05, 0.1) is 28.1 Å². The maximum absolute atomic E-state index is 8.87. The minimum absolute atomic E-state index is 0.00338. The van der Waals surface area contributed by atoms with Crippen LogP contribution >= 0.6 is 0 Å². The molecule has 13 aromatic rings. The maximum Gasteiger partial charge on any atom is 0.137 e. The predicted molar refractivity (Wildman–Crippen MR) is 362 cm³/mol. The lowest BCUT2D eigenvalue weighted by Gasteiger charge is -2.28. The molecule has 0 fully saturated rings. The average molecular weight is 1120 g/mol. The van der Waals surface area contributed by atoms with E-state index in [0.717, 1.165) is 106 Å². The second-order valence-corrected chi connectivity index (χ2v) is 24.6. The Labute approximate surface area is 509 Å². The molecule has 3 heterocycles.